The van der Waals surface area contributed by atoms with Gasteiger partial charge in [-0.3, -0.25) is 9.97 Å². The second-order valence-electron chi connectivity index (χ2n) is 6.92. The van der Waals surface area contributed by atoms with Gasteiger partial charge in [0.05, 0.1) is 11.4 Å². The SMILES string of the molecule is CCCCCCCCCCC(Br)c1ccnc(-c2cc(C)ccn2)c1. The number of pyridine rings is 2. The van der Waals surface area contributed by atoms with Crippen LogP contribution in [0.25, 0.3) is 11.4 Å². The van der Waals surface area contributed by atoms with E-state index in [1.165, 1.54) is 68.9 Å². The van der Waals surface area contributed by atoms with Gasteiger partial charge >= 0.3 is 0 Å². The van der Waals surface area contributed by atoms with E-state index in [1.807, 2.05) is 18.5 Å². The van der Waals surface area contributed by atoms with Crippen molar-refractivity contribution in [1.82, 2.24) is 9.97 Å². The van der Waals surface area contributed by atoms with Crippen LogP contribution in [0, 0.1) is 6.92 Å². The van der Waals surface area contributed by atoms with E-state index in [2.05, 4.69) is 57.9 Å². The Morgan fingerprint density at radius 1 is 0.840 bits per heavy atom. The Labute approximate surface area is 161 Å². The first-order valence-corrected chi connectivity index (χ1v) is 10.7. The highest BCUT2D eigenvalue weighted by molar-refractivity contribution is 9.09. The van der Waals surface area contributed by atoms with Crippen molar-refractivity contribution in [1.29, 1.82) is 0 Å². The predicted molar refractivity (Wildman–Crippen MR) is 111 cm³/mol. The molecule has 0 fully saturated rings. The number of alkyl halides is 1. The van der Waals surface area contributed by atoms with Gasteiger partial charge in [0.1, 0.15) is 0 Å². The van der Waals surface area contributed by atoms with Gasteiger partial charge < -0.3 is 0 Å². The van der Waals surface area contributed by atoms with Crippen LogP contribution in [-0.4, -0.2) is 9.97 Å². The molecule has 0 amide bonds. The van der Waals surface area contributed by atoms with Gasteiger partial charge in [0.15, 0.2) is 0 Å². The molecule has 0 aliphatic carbocycles. The molecule has 1 atom stereocenters. The van der Waals surface area contributed by atoms with Crippen molar-refractivity contribution in [2.24, 2.45) is 0 Å². The highest BCUT2D eigenvalue weighted by Crippen LogP contribution is 2.30. The third kappa shape index (κ3) is 7.27. The topological polar surface area (TPSA) is 25.8 Å². The lowest BCUT2D eigenvalue weighted by molar-refractivity contribution is 0.564. The molecule has 25 heavy (non-hydrogen) atoms. The first-order chi connectivity index (χ1) is 12.2. The molecule has 0 saturated carbocycles. The molecule has 2 aromatic rings. The van der Waals surface area contributed by atoms with Gasteiger partial charge in [-0.15, -0.1) is 0 Å². The zero-order chi connectivity index (χ0) is 17.9. The van der Waals surface area contributed by atoms with E-state index in [9.17, 15) is 0 Å². The van der Waals surface area contributed by atoms with E-state index in [0.29, 0.717) is 4.83 Å². The third-order valence-electron chi connectivity index (χ3n) is 4.63. The molecule has 0 aliphatic heterocycles. The predicted octanol–water partition coefficient (Wildman–Crippen LogP) is 7.42. The summed E-state index contributed by atoms with van der Waals surface area (Å²) < 4.78 is 0. The van der Waals surface area contributed by atoms with Crippen molar-refractivity contribution in [3.05, 3.63) is 47.8 Å². The van der Waals surface area contributed by atoms with Crippen LogP contribution in [0.4, 0.5) is 0 Å². The maximum Gasteiger partial charge on any atom is 0.0889 e. The highest BCUT2D eigenvalue weighted by atomic mass is 79.9. The number of hydrogen-bond acceptors (Lipinski definition) is 2. The minimum absolute atomic E-state index is 0.402. The molecule has 0 spiro atoms. The summed E-state index contributed by atoms with van der Waals surface area (Å²) in [6, 6.07) is 8.40. The molecule has 0 saturated heterocycles. The van der Waals surface area contributed by atoms with Crippen molar-refractivity contribution >= 4 is 15.9 Å². The Balaban J connectivity index is 1.78. The molecule has 2 aromatic heterocycles. The molecule has 2 nitrogen and oxygen atoms in total. The van der Waals surface area contributed by atoms with Gasteiger partial charge in [0.25, 0.3) is 0 Å². The third-order valence-corrected chi connectivity index (χ3v) is 5.62. The minimum Gasteiger partial charge on any atom is -0.255 e. The van der Waals surface area contributed by atoms with Crippen molar-refractivity contribution in [3.8, 4) is 11.4 Å². The lowest BCUT2D eigenvalue weighted by atomic mass is 10.0. The molecular formula is C22H31BrN2. The molecule has 0 radical (unpaired) electrons. The second-order valence-corrected chi connectivity index (χ2v) is 8.03. The Morgan fingerprint density at radius 3 is 2.12 bits per heavy atom. The molecule has 3 heteroatoms. The zero-order valence-electron chi connectivity index (χ0n) is 15.7. The number of halogens is 1. The van der Waals surface area contributed by atoms with Crippen LogP contribution < -0.4 is 0 Å². The lowest BCUT2D eigenvalue weighted by Crippen LogP contribution is -1.94. The van der Waals surface area contributed by atoms with Crippen LogP contribution in [0.15, 0.2) is 36.7 Å². The quantitative estimate of drug-likeness (QED) is 0.288. The van der Waals surface area contributed by atoms with Crippen molar-refractivity contribution in [3.63, 3.8) is 0 Å². The molecule has 1 unspecified atom stereocenters. The van der Waals surface area contributed by atoms with Crippen LogP contribution in [0.2, 0.25) is 0 Å². The van der Waals surface area contributed by atoms with E-state index in [-0.39, 0.29) is 0 Å². The Bertz CT molecular complexity index is 627. The van der Waals surface area contributed by atoms with E-state index in [4.69, 9.17) is 0 Å². The molecule has 0 aromatic carbocycles. The fourth-order valence-electron chi connectivity index (χ4n) is 3.08. The van der Waals surface area contributed by atoms with Gasteiger partial charge in [0.2, 0.25) is 0 Å². The summed E-state index contributed by atoms with van der Waals surface area (Å²) >= 11 is 3.86. The monoisotopic (exact) mass is 402 g/mol. The molecule has 0 N–H and O–H groups in total. The number of unbranched alkanes of at least 4 members (excludes halogenated alkanes) is 7. The van der Waals surface area contributed by atoms with Gasteiger partial charge in [-0.2, -0.15) is 0 Å². The number of aryl methyl sites for hydroxylation is 1. The number of rotatable bonds is 11. The first-order valence-electron chi connectivity index (χ1n) is 9.73. The Morgan fingerprint density at radius 2 is 1.44 bits per heavy atom. The summed E-state index contributed by atoms with van der Waals surface area (Å²) in [4.78, 5) is 9.35. The van der Waals surface area contributed by atoms with Gasteiger partial charge in [-0.05, 0) is 48.7 Å². The van der Waals surface area contributed by atoms with Crippen LogP contribution in [0.5, 0.6) is 0 Å². The zero-order valence-corrected chi connectivity index (χ0v) is 17.3. The number of nitrogens with zero attached hydrogens (tertiary/aromatic N) is 2. The van der Waals surface area contributed by atoms with E-state index in [1.54, 1.807) is 0 Å². The summed E-state index contributed by atoms with van der Waals surface area (Å²) in [6.07, 6.45) is 15.9. The van der Waals surface area contributed by atoms with Crippen molar-refractivity contribution in [2.75, 3.05) is 0 Å². The fourth-order valence-corrected chi connectivity index (χ4v) is 3.69. The average molecular weight is 403 g/mol. The highest BCUT2D eigenvalue weighted by Gasteiger charge is 2.10. The minimum atomic E-state index is 0.402. The van der Waals surface area contributed by atoms with Gasteiger partial charge in [-0.1, -0.05) is 74.2 Å². The number of hydrogen-bond donors (Lipinski definition) is 0. The van der Waals surface area contributed by atoms with Crippen LogP contribution >= 0.6 is 15.9 Å². The fraction of sp³-hybridized carbons (Fsp3) is 0.545. The second kappa shape index (κ2) is 11.4. The molecule has 0 bridgehead atoms. The Kier molecular flexibility index (Phi) is 9.17. The van der Waals surface area contributed by atoms with E-state index in [0.717, 1.165) is 11.4 Å². The summed E-state index contributed by atoms with van der Waals surface area (Å²) in [7, 11) is 0. The van der Waals surface area contributed by atoms with Crippen molar-refractivity contribution in [2.45, 2.75) is 76.5 Å². The smallest absolute Gasteiger partial charge is 0.0889 e. The van der Waals surface area contributed by atoms with Crippen LogP contribution in [0.1, 0.15) is 80.7 Å². The van der Waals surface area contributed by atoms with E-state index >= 15 is 0 Å². The molecular weight excluding hydrogens is 372 g/mol. The summed E-state index contributed by atoms with van der Waals surface area (Å²) in [5.41, 5.74) is 4.43. The lowest BCUT2D eigenvalue weighted by Gasteiger charge is -2.11. The average Bonchev–Trinajstić information content (AvgIpc) is 2.64. The Hall–Kier alpha value is -1.22. The summed E-state index contributed by atoms with van der Waals surface area (Å²) in [5.74, 6) is 0. The van der Waals surface area contributed by atoms with Gasteiger partial charge in [0, 0.05) is 17.2 Å². The molecule has 0 aliphatic rings. The summed E-state index contributed by atoms with van der Waals surface area (Å²) in [5, 5.41) is 0. The maximum atomic E-state index is 4.50. The standard InChI is InChI=1S/C22H31BrN2/c1-3-4-5-6-7-8-9-10-11-20(23)19-13-15-25-22(17-19)21-16-18(2)12-14-24-21/h12-17,20H,3-11H2,1-2H3. The molecule has 2 rings (SSSR count). The normalized spacial score (nSPS) is 12.3. The van der Waals surface area contributed by atoms with Crippen LogP contribution in [0.3, 0.4) is 0 Å². The number of aromatic nitrogens is 2. The molecule has 2 heterocycles. The van der Waals surface area contributed by atoms with Gasteiger partial charge in [-0.25, -0.2) is 0 Å². The summed E-state index contributed by atoms with van der Waals surface area (Å²) in [6.45, 7) is 4.36. The van der Waals surface area contributed by atoms with Crippen LogP contribution in [-0.2, 0) is 0 Å². The maximum absolute atomic E-state index is 4.50. The van der Waals surface area contributed by atoms with E-state index < -0.39 is 0 Å². The van der Waals surface area contributed by atoms with Crippen molar-refractivity contribution < 1.29 is 0 Å². The first kappa shape index (κ1) is 20.1. The largest absolute Gasteiger partial charge is 0.255 e. The molecule has 136 valence electrons.